The van der Waals surface area contributed by atoms with Crippen LogP contribution in [0.2, 0.25) is 0 Å². The number of likely N-dealkylation sites (N-methyl/N-ethyl adjacent to an activating group) is 1. The smallest absolute Gasteiger partial charge is 0.0228 e. The third-order valence-corrected chi connectivity index (χ3v) is 1.36. The van der Waals surface area contributed by atoms with Gasteiger partial charge in [-0.15, -0.1) is 0 Å². The van der Waals surface area contributed by atoms with Crippen molar-refractivity contribution in [1.29, 1.82) is 0 Å². The topological polar surface area (TPSA) is 27.3 Å². The quantitative estimate of drug-likeness (QED) is 0.425. The van der Waals surface area contributed by atoms with Crippen molar-refractivity contribution < 1.29 is 0 Å². The first-order chi connectivity index (χ1) is 3.89. The van der Waals surface area contributed by atoms with E-state index in [-0.39, 0.29) is 0 Å². The molecule has 48 valence electrons. The van der Waals surface area contributed by atoms with Crippen LogP contribution in [0.25, 0.3) is 0 Å². The maximum Gasteiger partial charge on any atom is 0.0228 e. The van der Waals surface area contributed by atoms with Crippen LogP contribution in [0, 0.1) is 0 Å². The highest BCUT2D eigenvalue weighted by Crippen LogP contribution is 1.80. The van der Waals surface area contributed by atoms with Gasteiger partial charge >= 0.3 is 0 Å². The van der Waals surface area contributed by atoms with Gasteiger partial charge in [0, 0.05) is 26.2 Å². The van der Waals surface area contributed by atoms with E-state index >= 15 is 0 Å². The van der Waals surface area contributed by atoms with Crippen molar-refractivity contribution in [2.75, 3.05) is 33.2 Å². The summed E-state index contributed by atoms with van der Waals surface area (Å²) in [5.41, 5.74) is 6.17. The Balaban J connectivity index is 2.17. The van der Waals surface area contributed by atoms with Crippen molar-refractivity contribution in [2.45, 2.75) is 0 Å². The molecule has 0 unspecified atom stereocenters. The average Bonchev–Trinajstić information content (AvgIpc) is 1.94. The molecule has 0 aromatic carbocycles. The molecule has 1 aliphatic rings. The van der Waals surface area contributed by atoms with E-state index in [1.54, 1.807) is 0 Å². The minimum Gasteiger partial charge on any atom is -0.304 e. The van der Waals surface area contributed by atoms with Gasteiger partial charge in [0.05, 0.1) is 0 Å². The summed E-state index contributed by atoms with van der Waals surface area (Å²) in [6, 6.07) is 0. The summed E-state index contributed by atoms with van der Waals surface area (Å²) in [5.74, 6) is 0. The molecule has 0 aromatic rings. The molecule has 0 spiro atoms. The molecule has 0 bridgehead atoms. The first-order valence-corrected chi connectivity index (χ1v) is 3.04. The number of nitrogens with one attached hydrogen (secondary N) is 2. The molecule has 1 aliphatic heterocycles. The standard InChI is InChI=1S/C5H13N3/c1-8-4-2-6-7-3-5-8/h6-7H,2-5H2,1H3. The maximum atomic E-state index is 3.09. The van der Waals surface area contributed by atoms with Crippen molar-refractivity contribution in [3.8, 4) is 0 Å². The summed E-state index contributed by atoms with van der Waals surface area (Å²) in [7, 11) is 2.13. The van der Waals surface area contributed by atoms with Crippen molar-refractivity contribution in [2.24, 2.45) is 0 Å². The van der Waals surface area contributed by atoms with Gasteiger partial charge in [0.15, 0.2) is 0 Å². The summed E-state index contributed by atoms with van der Waals surface area (Å²) < 4.78 is 0. The first-order valence-electron chi connectivity index (χ1n) is 3.04. The fourth-order valence-electron chi connectivity index (χ4n) is 0.782. The Kier molecular flexibility index (Phi) is 2.27. The Hall–Kier alpha value is -0.120. The molecular formula is C5H13N3. The van der Waals surface area contributed by atoms with Crippen molar-refractivity contribution in [1.82, 2.24) is 15.8 Å². The third kappa shape index (κ3) is 1.78. The lowest BCUT2D eigenvalue weighted by Crippen LogP contribution is -2.32. The molecule has 1 rings (SSSR count). The largest absolute Gasteiger partial charge is 0.304 e. The van der Waals surface area contributed by atoms with E-state index in [1.807, 2.05) is 0 Å². The Morgan fingerprint density at radius 3 is 2.12 bits per heavy atom. The number of nitrogens with zero attached hydrogens (tertiary/aromatic N) is 1. The van der Waals surface area contributed by atoms with Crippen LogP contribution in [0.5, 0.6) is 0 Å². The highest BCUT2D eigenvalue weighted by atomic mass is 15.4. The summed E-state index contributed by atoms with van der Waals surface area (Å²) in [6.07, 6.45) is 0. The fraction of sp³-hybridized carbons (Fsp3) is 1.00. The molecule has 3 heteroatoms. The lowest BCUT2D eigenvalue weighted by atomic mass is 10.5. The Morgan fingerprint density at radius 1 is 1.12 bits per heavy atom. The molecule has 1 saturated heterocycles. The molecule has 3 nitrogen and oxygen atoms in total. The normalized spacial score (nSPS) is 25.1. The van der Waals surface area contributed by atoms with Gasteiger partial charge in [-0.1, -0.05) is 0 Å². The van der Waals surface area contributed by atoms with Crippen molar-refractivity contribution >= 4 is 0 Å². The number of hydrogen-bond acceptors (Lipinski definition) is 3. The fourth-order valence-corrected chi connectivity index (χ4v) is 0.782. The number of hydrogen-bond donors (Lipinski definition) is 2. The molecule has 0 atom stereocenters. The van der Waals surface area contributed by atoms with E-state index in [0.29, 0.717) is 0 Å². The van der Waals surface area contributed by atoms with Crippen LogP contribution in [0.15, 0.2) is 0 Å². The third-order valence-electron chi connectivity index (χ3n) is 1.36. The predicted molar refractivity (Wildman–Crippen MR) is 33.5 cm³/mol. The minimum atomic E-state index is 1.05. The Labute approximate surface area is 50.0 Å². The van der Waals surface area contributed by atoms with E-state index in [1.165, 1.54) is 0 Å². The van der Waals surface area contributed by atoms with Gasteiger partial charge in [-0.3, -0.25) is 10.9 Å². The molecule has 0 aliphatic carbocycles. The van der Waals surface area contributed by atoms with Crippen LogP contribution < -0.4 is 10.9 Å². The van der Waals surface area contributed by atoms with Gasteiger partial charge in [-0.05, 0) is 7.05 Å². The molecule has 1 fully saturated rings. The molecule has 1 heterocycles. The van der Waals surface area contributed by atoms with Gasteiger partial charge in [0.25, 0.3) is 0 Å². The van der Waals surface area contributed by atoms with Gasteiger partial charge in [0.1, 0.15) is 0 Å². The molecule has 2 N–H and O–H groups in total. The second kappa shape index (κ2) is 3.02. The average molecular weight is 115 g/mol. The summed E-state index contributed by atoms with van der Waals surface area (Å²) in [6.45, 7) is 4.40. The lowest BCUT2D eigenvalue weighted by molar-refractivity contribution is 0.366. The zero-order valence-electron chi connectivity index (χ0n) is 5.28. The summed E-state index contributed by atoms with van der Waals surface area (Å²) >= 11 is 0. The van der Waals surface area contributed by atoms with E-state index in [0.717, 1.165) is 26.2 Å². The zero-order valence-corrected chi connectivity index (χ0v) is 5.28. The van der Waals surface area contributed by atoms with Crippen molar-refractivity contribution in [3.63, 3.8) is 0 Å². The molecular weight excluding hydrogens is 102 g/mol. The highest BCUT2D eigenvalue weighted by Gasteiger charge is 1.99. The van der Waals surface area contributed by atoms with Gasteiger partial charge in [-0.2, -0.15) is 0 Å². The Bertz CT molecular complexity index is 56.7. The van der Waals surface area contributed by atoms with E-state index in [4.69, 9.17) is 0 Å². The number of hydrazine groups is 1. The predicted octanol–water partition coefficient (Wildman–Crippen LogP) is -0.974. The van der Waals surface area contributed by atoms with E-state index in [9.17, 15) is 0 Å². The lowest BCUT2D eigenvalue weighted by Gasteiger charge is -2.09. The van der Waals surface area contributed by atoms with Crippen LogP contribution in [-0.4, -0.2) is 38.1 Å². The molecule has 0 saturated carbocycles. The van der Waals surface area contributed by atoms with E-state index in [2.05, 4.69) is 22.8 Å². The first kappa shape index (κ1) is 6.01. The second-order valence-corrected chi connectivity index (χ2v) is 2.16. The van der Waals surface area contributed by atoms with E-state index < -0.39 is 0 Å². The van der Waals surface area contributed by atoms with Crippen molar-refractivity contribution in [3.05, 3.63) is 0 Å². The van der Waals surface area contributed by atoms with Crippen LogP contribution in [0.3, 0.4) is 0 Å². The monoisotopic (exact) mass is 115 g/mol. The SMILES string of the molecule is CN1CCNNCC1. The molecule has 8 heavy (non-hydrogen) atoms. The maximum absolute atomic E-state index is 3.09. The molecule has 0 amide bonds. The molecule has 0 radical (unpaired) electrons. The zero-order chi connectivity index (χ0) is 5.82. The van der Waals surface area contributed by atoms with Gasteiger partial charge in [-0.25, -0.2) is 0 Å². The van der Waals surface area contributed by atoms with Gasteiger partial charge in [0.2, 0.25) is 0 Å². The summed E-state index contributed by atoms with van der Waals surface area (Å²) in [5, 5.41) is 0. The Morgan fingerprint density at radius 2 is 1.62 bits per heavy atom. The van der Waals surface area contributed by atoms with Crippen LogP contribution >= 0.6 is 0 Å². The molecule has 0 aromatic heterocycles. The second-order valence-electron chi connectivity index (χ2n) is 2.16. The van der Waals surface area contributed by atoms with Crippen LogP contribution in [0.1, 0.15) is 0 Å². The number of rotatable bonds is 0. The van der Waals surface area contributed by atoms with Crippen LogP contribution in [0.4, 0.5) is 0 Å². The summed E-state index contributed by atoms with van der Waals surface area (Å²) in [4.78, 5) is 2.30. The highest BCUT2D eigenvalue weighted by molar-refractivity contribution is 4.58. The van der Waals surface area contributed by atoms with Gasteiger partial charge < -0.3 is 4.90 Å². The minimum absolute atomic E-state index is 1.05. The van der Waals surface area contributed by atoms with Crippen LogP contribution in [-0.2, 0) is 0 Å².